The number of anilines is 1. The van der Waals surface area contributed by atoms with Crippen LogP contribution in [0.15, 0.2) is 22.9 Å². The van der Waals surface area contributed by atoms with Crippen LogP contribution >= 0.6 is 15.9 Å². The van der Waals surface area contributed by atoms with Crippen LogP contribution in [0.25, 0.3) is 5.65 Å². The van der Waals surface area contributed by atoms with Crippen LogP contribution in [0.5, 0.6) is 0 Å². The maximum absolute atomic E-state index is 4.68. The highest BCUT2D eigenvalue weighted by Crippen LogP contribution is 2.19. The van der Waals surface area contributed by atoms with Gasteiger partial charge in [0.2, 0.25) is 0 Å². The van der Waals surface area contributed by atoms with Crippen LogP contribution in [-0.2, 0) is 0 Å². The SMILES string of the molecule is CC(C)C[C@@H](CN1CCCC1)Nc1ccn2ncc(Br)c2n1. The minimum atomic E-state index is 0.440. The van der Waals surface area contributed by atoms with Crippen molar-refractivity contribution in [3.05, 3.63) is 22.9 Å². The second kappa shape index (κ2) is 6.96. The molecule has 0 amide bonds. The summed E-state index contributed by atoms with van der Waals surface area (Å²) in [6.45, 7) is 8.13. The normalized spacial score (nSPS) is 17.5. The lowest BCUT2D eigenvalue weighted by atomic mass is 10.0. The van der Waals surface area contributed by atoms with E-state index >= 15 is 0 Å². The maximum Gasteiger partial charge on any atom is 0.171 e. The summed E-state index contributed by atoms with van der Waals surface area (Å²) in [6, 6.07) is 2.44. The number of aromatic nitrogens is 3. The summed E-state index contributed by atoms with van der Waals surface area (Å²) in [5.41, 5.74) is 0.856. The first kappa shape index (κ1) is 15.7. The van der Waals surface area contributed by atoms with Gasteiger partial charge in [0, 0.05) is 18.8 Å². The number of halogens is 1. The van der Waals surface area contributed by atoms with Crippen LogP contribution in [0, 0.1) is 5.92 Å². The van der Waals surface area contributed by atoms with Crippen molar-refractivity contribution in [3.63, 3.8) is 0 Å². The lowest BCUT2D eigenvalue weighted by Crippen LogP contribution is -2.36. The van der Waals surface area contributed by atoms with E-state index in [-0.39, 0.29) is 0 Å². The molecule has 2 aromatic rings. The zero-order valence-corrected chi connectivity index (χ0v) is 14.9. The zero-order valence-electron chi connectivity index (χ0n) is 13.3. The monoisotopic (exact) mass is 365 g/mol. The van der Waals surface area contributed by atoms with Gasteiger partial charge in [-0.05, 0) is 60.3 Å². The van der Waals surface area contributed by atoms with Crippen LogP contribution in [0.3, 0.4) is 0 Å². The third kappa shape index (κ3) is 3.79. The predicted octanol–water partition coefficient (Wildman–Crippen LogP) is 3.41. The van der Waals surface area contributed by atoms with Gasteiger partial charge in [-0.3, -0.25) is 0 Å². The Balaban J connectivity index is 1.73. The molecule has 3 heterocycles. The van der Waals surface area contributed by atoms with E-state index in [0.717, 1.165) is 28.9 Å². The summed E-state index contributed by atoms with van der Waals surface area (Å²) in [5, 5.41) is 7.87. The fraction of sp³-hybridized carbons (Fsp3) is 0.625. The highest BCUT2D eigenvalue weighted by molar-refractivity contribution is 9.10. The van der Waals surface area contributed by atoms with E-state index < -0.39 is 0 Å². The van der Waals surface area contributed by atoms with Crippen LogP contribution < -0.4 is 5.32 Å². The molecule has 0 unspecified atom stereocenters. The first-order chi connectivity index (χ1) is 10.6. The molecular formula is C16H24BrN5. The van der Waals surface area contributed by atoms with Gasteiger partial charge in [-0.25, -0.2) is 9.50 Å². The van der Waals surface area contributed by atoms with E-state index in [2.05, 4.69) is 50.1 Å². The smallest absolute Gasteiger partial charge is 0.171 e. The summed E-state index contributed by atoms with van der Waals surface area (Å²) in [7, 11) is 0. The standard InChI is InChI=1S/C16H24BrN5/c1-12(2)9-13(11-21-6-3-4-7-21)19-15-5-8-22-16(20-15)14(17)10-18-22/h5,8,10,12-13H,3-4,6-7,9,11H2,1-2H3,(H,19,20)/t13-/m0/s1. The van der Waals surface area contributed by atoms with E-state index in [4.69, 9.17) is 0 Å². The highest BCUT2D eigenvalue weighted by atomic mass is 79.9. The third-order valence-electron chi connectivity index (χ3n) is 4.11. The van der Waals surface area contributed by atoms with Crippen LogP contribution in [0.4, 0.5) is 5.82 Å². The Labute approximate surface area is 140 Å². The van der Waals surface area contributed by atoms with E-state index in [1.807, 2.05) is 12.3 Å². The lowest BCUT2D eigenvalue weighted by Gasteiger charge is -2.26. The molecule has 1 atom stereocenters. The Morgan fingerprint density at radius 1 is 1.32 bits per heavy atom. The molecule has 1 aliphatic heterocycles. The molecule has 1 aliphatic rings. The van der Waals surface area contributed by atoms with Crippen molar-refractivity contribution in [1.82, 2.24) is 19.5 Å². The molecule has 0 spiro atoms. The lowest BCUT2D eigenvalue weighted by molar-refractivity contribution is 0.305. The number of fused-ring (bicyclic) bond motifs is 1. The molecular weight excluding hydrogens is 342 g/mol. The molecule has 0 bridgehead atoms. The second-order valence-corrected chi connectivity index (χ2v) is 7.41. The Kier molecular flexibility index (Phi) is 4.98. The third-order valence-corrected chi connectivity index (χ3v) is 4.67. The highest BCUT2D eigenvalue weighted by Gasteiger charge is 2.19. The van der Waals surface area contributed by atoms with Gasteiger partial charge in [0.15, 0.2) is 5.65 Å². The average Bonchev–Trinajstić information content (AvgIpc) is 3.09. The molecule has 0 aliphatic carbocycles. The van der Waals surface area contributed by atoms with Crippen LogP contribution in [-0.4, -0.2) is 45.2 Å². The molecule has 1 fully saturated rings. The van der Waals surface area contributed by atoms with Gasteiger partial charge in [-0.15, -0.1) is 0 Å². The molecule has 3 rings (SSSR count). The summed E-state index contributed by atoms with van der Waals surface area (Å²) < 4.78 is 2.71. The minimum absolute atomic E-state index is 0.440. The van der Waals surface area contributed by atoms with Gasteiger partial charge in [-0.1, -0.05) is 13.8 Å². The van der Waals surface area contributed by atoms with E-state index in [0.29, 0.717) is 12.0 Å². The van der Waals surface area contributed by atoms with Crippen LogP contribution in [0.2, 0.25) is 0 Å². The zero-order chi connectivity index (χ0) is 15.5. The Morgan fingerprint density at radius 2 is 2.09 bits per heavy atom. The summed E-state index contributed by atoms with van der Waals surface area (Å²) in [5.74, 6) is 1.60. The number of rotatable bonds is 6. The topological polar surface area (TPSA) is 45.5 Å². The molecule has 5 nitrogen and oxygen atoms in total. The molecule has 0 saturated carbocycles. The molecule has 120 valence electrons. The molecule has 0 aromatic carbocycles. The molecule has 1 saturated heterocycles. The Bertz CT molecular complexity index is 618. The molecule has 1 N–H and O–H groups in total. The van der Waals surface area contributed by atoms with Crippen molar-refractivity contribution in [2.24, 2.45) is 5.92 Å². The minimum Gasteiger partial charge on any atom is -0.366 e. The maximum atomic E-state index is 4.68. The van der Waals surface area contributed by atoms with Crippen LogP contribution in [0.1, 0.15) is 33.1 Å². The fourth-order valence-corrected chi connectivity index (χ4v) is 3.52. The largest absolute Gasteiger partial charge is 0.366 e. The number of likely N-dealkylation sites (tertiary alicyclic amines) is 1. The summed E-state index contributed by atoms with van der Waals surface area (Å²) in [4.78, 5) is 7.24. The number of nitrogens with one attached hydrogen (secondary N) is 1. The number of nitrogens with zero attached hydrogens (tertiary/aromatic N) is 4. The molecule has 6 heteroatoms. The van der Waals surface area contributed by atoms with Crippen molar-refractivity contribution in [2.75, 3.05) is 25.0 Å². The van der Waals surface area contributed by atoms with Gasteiger partial charge < -0.3 is 10.2 Å². The molecule has 22 heavy (non-hydrogen) atoms. The first-order valence-corrected chi connectivity index (χ1v) is 8.90. The van der Waals surface area contributed by atoms with Gasteiger partial charge in [-0.2, -0.15) is 5.10 Å². The van der Waals surface area contributed by atoms with Gasteiger partial charge >= 0.3 is 0 Å². The predicted molar refractivity (Wildman–Crippen MR) is 93.2 cm³/mol. The average molecular weight is 366 g/mol. The van der Waals surface area contributed by atoms with Crippen molar-refractivity contribution in [3.8, 4) is 0 Å². The first-order valence-electron chi connectivity index (χ1n) is 8.10. The molecule has 0 radical (unpaired) electrons. The Hall–Kier alpha value is -1.14. The second-order valence-electron chi connectivity index (χ2n) is 6.55. The van der Waals surface area contributed by atoms with E-state index in [1.165, 1.54) is 25.9 Å². The van der Waals surface area contributed by atoms with E-state index in [1.54, 1.807) is 10.7 Å². The molecule has 2 aromatic heterocycles. The van der Waals surface area contributed by atoms with E-state index in [9.17, 15) is 0 Å². The summed E-state index contributed by atoms with van der Waals surface area (Å²) >= 11 is 3.50. The van der Waals surface area contributed by atoms with Crippen molar-refractivity contribution < 1.29 is 0 Å². The summed E-state index contributed by atoms with van der Waals surface area (Å²) in [6.07, 6.45) is 7.56. The van der Waals surface area contributed by atoms with Crippen molar-refractivity contribution in [2.45, 2.75) is 39.2 Å². The quantitative estimate of drug-likeness (QED) is 0.851. The van der Waals surface area contributed by atoms with Crippen molar-refractivity contribution >= 4 is 27.4 Å². The van der Waals surface area contributed by atoms with Crippen molar-refractivity contribution in [1.29, 1.82) is 0 Å². The number of hydrogen-bond donors (Lipinski definition) is 1. The Morgan fingerprint density at radius 3 is 2.82 bits per heavy atom. The van der Waals surface area contributed by atoms with Gasteiger partial charge in [0.25, 0.3) is 0 Å². The van der Waals surface area contributed by atoms with Gasteiger partial charge in [0.05, 0.1) is 10.7 Å². The van der Waals surface area contributed by atoms with Gasteiger partial charge in [0.1, 0.15) is 5.82 Å². The fourth-order valence-electron chi connectivity index (χ4n) is 3.16. The number of hydrogen-bond acceptors (Lipinski definition) is 4.